The number of hydrogen-bond acceptors (Lipinski definition) is 2. The molecule has 1 heterocycles. The van der Waals surface area contributed by atoms with Gasteiger partial charge in [-0.15, -0.1) is 11.8 Å². The van der Waals surface area contributed by atoms with Crippen LogP contribution in [0.3, 0.4) is 0 Å². The molecule has 15 heavy (non-hydrogen) atoms. The molecule has 0 bridgehead atoms. The van der Waals surface area contributed by atoms with E-state index < -0.39 is 0 Å². The van der Waals surface area contributed by atoms with Crippen molar-refractivity contribution in [3.63, 3.8) is 0 Å². The van der Waals surface area contributed by atoms with Gasteiger partial charge in [0.1, 0.15) is 0 Å². The average Bonchev–Trinajstić information content (AvgIpc) is 2.29. The van der Waals surface area contributed by atoms with E-state index in [1.165, 1.54) is 41.1 Å². The maximum absolute atomic E-state index is 3.58. The first-order chi connectivity index (χ1) is 7.36. The fourth-order valence-electron chi connectivity index (χ4n) is 1.84. The van der Waals surface area contributed by atoms with Crippen molar-refractivity contribution in [2.24, 2.45) is 5.92 Å². The zero-order valence-electron chi connectivity index (χ0n) is 8.71. The van der Waals surface area contributed by atoms with Crippen LogP contribution in [-0.2, 0) is 0 Å². The minimum absolute atomic E-state index is 0.843. The SMILES string of the molecule is Brc1ccccc1SCC1CCCNC1. The Bertz CT molecular complexity index is 310. The molecule has 1 N–H and O–H groups in total. The van der Waals surface area contributed by atoms with Crippen molar-refractivity contribution in [1.82, 2.24) is 5.32 Å². The van der Waals surface area contributed by atoms with E-state index in [1.54, 1.807) is 0 Å². The van der Waals surface area contributed by atoms with Crippen LogP contribution < -0.4 is 5.32 Å². The summed E-state index contributed by atoms with van der Waals surface area (Å²) in [5.74, 6) is 2.08. The molecule has 1 nitrogen and oxygen atoms in total. The van der Waals surface area contributed by atoms with E-state index in [1.807, 2.05) is 11.8 Å². The van der Waals surface area contributed by atoms with Crippen molar-refractivity contribution in [2.45, 2.75) is 17.7 Å². The van der Waals surface area contributed by atoms with Crippen molar-refractivity contribution in [1.29, 1.82) is 0 Å². The van der Waals surface area contributed by atoms with Crippen molar-refractivity contribution >= 4 is 27.7 Å². The molecule has 0 aromatic heterocycles. The predicted molar refractivity (Wildman–Crippen MR) is 70.5 cm³/mol. The van der Waals surface area contributed by atoms with E-state index in [0.29, 0.717) is 0 Å². The van der Waals surface area contributed by atoms with Crippen molar-refractivity contribution in [2.75, 3.05) is 18.8 Å². The molecule has 82 valence electrons. The Labute approximate surface area is 104 Å². The lowest BCUT2D eigenvalue weighted by Crippen LogP contribution is -2.30. The van der Waals surface area contributed by atoms with Gasteiger partial charge in [0.15, 0.2) is 0 Å². The Morgan fingerprint density at radius 1 is 1.40 bits per heavy atom. The molecule has 0 amide bonds. The van der Waals surface area contributed by atoms with Crippen LogP contribution in [0.15, 0.2) is 33.6 Å². The monoisotopic (exact) mass is 285 g/mol. The van der Waals surface area contributed by atoms with Gasteiger partial charge in [-0.2, -0.15) is 0 Å². The molecule has 0 radical (unpaired) electrons. The molecule has 3 heteroatoms. The summed E-state index contributed by atoms with van der Waals surface area (Å²) < 4.78 is 1.22. The molecule has 1 aliphatic heterocycles. The van der Waals surface area contributed by atoms with Crippen molar-refractivity contribution < 1.29 is 0 Å². The summed E-state index contributed by atoms with van der Waals surface area (Å²) >= 11 is 5.55. The first-order valence-corrected chi connectivity index (χ1v) is 7.22. The van der Waals surface area contributed by atoms with Gasteiger partial charge in [-0.25, -0.2) is 0 Å². The molecule has 0 spiro atoms. The van der Waals surface area contributed by atoms with Crippen LogP contribution in [0.1, 0.15) is 12.8 Å². The van der Waals surface area contributed by atoms with Crippen LogP contribution in [0, 0.1) is 5.92 Å². The molecular formula is C12H16BrNS. The van der Waals surface area contributed by atoms with E-state index in [9.17, 15) is 0 Å². The highest BCUT2D eigenvalue weighted by Crippen LogP contribution is 2.29. The van der Waals surface area contributed by atoms with Crippen LogP contribution >= 0.6 is 27.7 Å². The number of halogens is 1. The molecular weight excluding hydrogens is 270 g/mol. The third-order valence-electron chi connectivity index (χ3n) is 2.71. The normalized spacial score (nSPS) is 21.5. The number of benzene rings is 1. The summed E-state index contributed by atoms with van der Waals surface area (Å²) in [7, 11) is 0. The van der Waals surface area contributed by atoms with Crippen LogP contribution in [0.5, 0.6) is 0 Å². The zero-order chi connectivity index (χ0) is 10.5. The highest BCUT2D eigenvalue weighted by Gasteiger charge is 2.13. The lowest BCUT2D eigenvalue weighted by Gasteiger charge is -2.22. The lowest BCUT2D eigenvalue weighted by atomic mass is 10.0. The van der Waals surface area contributed by atoms with Gasteiger partial charge in [0.25, 0.3) is 0 Å². The summed E-state index contributed by atoms with van der Waals surface area (Å²) in [6.45, 7) is 2.40. The third-order valence-corrected chi connectivity index (χ3v) is 4.97. The smallest absolute Gasteiger partial charge is 0.0311 e. The largest absolute Gasteiger partial charge is 0.316 e. The molecule has 1 aromatic carbocycles. The predicted octanol–water partition coefficient (Wildman–Crippen LogP) is 3.54. The maximum Gasteiger partial charge on any atom is 0.0311 e. The number of nitrogens with one attached hydrogen (secondary N) is 1. The quantitative estimate of drug-likeness (QED) is 0.853. The second kappa shape index (κ2) is 5.92. The highest BCUT2D eigenvalue weighted by atomic mass is 79.9. The molecule has 1 unspecified atom stereocenters. The minimum Gasteiger partial charge on any atom is -0.316 e. The molecule has 1 aliphatic rings. The first kappa shape index (κ1) is 11.5. The second-order valence-corrected chi connectivity index (χ2v) is 5.87. The summed E-state index contributed by atoms with van der Waals surface area (Å²) in [5, 5.41) is 3.46. The van der Waals surface area contributed by atoms with Gasteiger partial charge in [-0.05, 0) is 59.9 Å². The molecule has 1 saturated heterocycles. The second-order valence-electron chi connectivity index (χ2n) is 3.95. The van der Waals surface area contributed by atoms with E-state index in [4.69, 9.17) is 0 Å². The van der Waals surface area contributed by atoms with Gasteiger partial charge in [0.05, 0.1) is 0 Å². The fraction of sp³-hybridized carbons (Fsp3) is 0.500. The van der Waals surface area contributed by atoms with Crippen LogP contribution in [-0.4, -0.2) is 18.8 Å². The minimum atomic E-state index is 0.843. The van der Waals surface area contributed by atoms with E-state index in [-0.39, 0.29) is 0 Å². The van der Waals surface area contributed by atoms with Gasteiger partial charge in [-0.1, -0.05) is 12.1 Å². The van der Waals surface area contributed by atoms with Crippen molar-refractivity contribution in [3.8, 4) is 0 Å². The first-order valence-electron chi connectivity index (χ1n) is 5.44. The molecule has 1 fully saturated rings. The van der Waals surface area contributed by atoms with E-state index >= 15 is 0 Å². The maximum atomic E-state index is 3.58. The molecule has 1 aromatic rings. The number of rotatable bonds is 3. The number of piperidine rings is 1. The Morgan fingerprint density at radius 3 is 3.00 bits per heavy atom. The zero-order valence-corrected chi connectivity index (χ0v) is 11.1. The molecule has 2 rings (SSSR count). The molecule has 0 saturated carbocycles. The summed E-state index contributed by atoms with van der Waals surface area (Å²) in [6, 6.07) is 8.47. The van der Waals surface area contributed by atoms with E-state index in [0.717, 1.165) is 5.92 Å². The van der Waals surface area contributed by atoms with Crippen LogP contribution in [0.25, 0.3) is 0 Å². The number of hydrogen-bond donors (Lipinski definition) is 1. The van der Waals surface area contributed by atoms with Gasteiger partial charge in [-0.3, -0.25) is 0 Å². The Kier molecular flexibility index (Phi) is 4.54. The summed E-state index contributed by atoms with van der Waals surface area (Å²) in [5.41, 5.74) is 0. The standard InChI is InChI=1S/C12H16BrNS/c13-11-5-1-2-6-12(11)15-9-10-4-3-7-14-8-10/h1-2,5-6,10,14H,3-4,7-9H2. The van der Waals surface area contributed by atoms with Gasteiger partial charge in [0, 0.05) is 15.1 Å². The van der Waals surface area contributed by atoms with Gasteiger partial charge >= 0.3 is 0 Å². The highest BCUT2D eigenvalue weighted by molar-refractivity contribution is 9.10. The fourth-order valence-corrected chi connectivity index (χ4v) is 3.54. The van der Waals surface area contributed by atoms with E-state index in [2.05, 4.69) is 45.5 Å². The number of thioether (sulfide) groups is 1. The Hall–Kier alpha value is 0.01000. The van der Waals surface area contributed by atoms with Gasteiger partial charge < -0.3 is 5.32 Å². The molecule has 1 atom stereocenters. The summed E-state index contributed by atoms with van der Waals surface area (Å²) in [4.78, 5) is 1.36. The van der Waals surface area contributed by atoms with Crippen LogP contribution in [0.2, 0.25) is 0 Å². The average molecular weight is 286 g/mol. The summed E-state index contributed by atoms with van der Waals surface area (Å²) in [6.07, 6.45) is 2.71. The Balaban J connectivity index is 1.84. The van der Waals surface area contributed by atoms with Crippen LogP contribution in [0.4, 0.5) is 0 Å². The topological polar surface area (TPSA) is 12.0 Å². The molecule has 0 aliphatic carbocycles. The Morgan fingerprint density at radius 2 is 2.27 bits per heavy atom. The third kappa shape index (κ3) is 3.51. The lowest BCUT2D eigenvalue weighted by molar-refractivity contribution is 0.410. The van der Waals surface area contributed by atoms with Gasteiger partial charge in [0.2, 0.25) is 0 Å². The van der Waals surface area contributed by atoms with Crippen molar-refractivity contribution in [3.05, 3.63) is 28.7 Å².